The SMILES string of the molecule is C=CC(=O)N1CCN(c2nc(OC[C@@H]3CCCN3C)nc3c2CN(C)C(c2c(O)cccc2F)C3)CC1. The summed E-state index contributed by atoms with van der Waals surface area (Å²) in [5.74, 6) is 0.242. The largest absolute Gasteiger partial charge is 0.508 e. The van der Waals surface area contributed by atoms with E-state index in [9.17, 15) is 14.3 Å². The fraction of sp³-hybridized carbons (Fsp3) is 0.519. The van der Waals surface area contributed by atoms with Crippen LogP contribution in [0.25, 0.3) is 0 Å². The van der Waals surface area contributed by atoms with E-state index in [1.165, 1.54) is 24.3 Å². The topological polar surface area (TPSA) is 85.3 Å². The van der Waals surface area contributed by atoms with E-state index >= 15 is 0 Å². The molecular formula is C27H35FN6O3. The summed E-state index contributed by atoms with van der Waals surface area (Å²) >= 11 is 0. The number of amides is 1. The Balaban J connectivity index is 1.46. The van der Waals surface area contributed by atoms with Crippen LogP contribution in [-0.4, -0.2) is 95.1 Å². The van der Waals surface area contributed by atoms with Gasteiger partial charge in [0.1, 0.15) is 24.0 Å². The first-order valence-corrected chi connectivity index (χ1v) is 12.9. The maximum absolute atomic E-state index is 14.8. The lowest BCUT2D eigenvalue weighted by molar-refractivity contribution is -0.126. The fourth-order valence-electron chi connectivity index (χ4n) is 5.66. The number of nitrogens with zero attached hydrogens (tertiary/aromatic N) is 6. The minimum atomic E-state index is -0.432. The summed E-state index contributed by atoms with van der Waals surface area (Å²) in [6.45, 7) is 8.08. The maximum atomic E-state index is 14.8. The van der Waals surface area contributed by atoms with Crippen molar-refractivity contribution in [3.05, 3.63) is 53.5 Å². The second-order valence-corrected chi connectivity index (χ2v) is 10.2. The highest BCUT2D eigenvalue weighted by molar-refractivity contribution is 5.87. The molecule has 4 heterocycles. The Morgan fingerprint density at radius 2 is 1.97 bits per heavy atom. The first-order valence-electron chi connectivity index (χ1n) is 12.9. The smallest absolute Gasteiger partial charge is 0.318 e. The zero-order chi connectivity index (χ0) is 26.1. The second-order valence-electron chi connectivity index (χ2n) is 10.2. The van der Waals surface area contributed by atoms with E-state index in [0.717, 1.165) is 36.5 Å². The number of ether oxygens (including phenoxy) is 1. The van der Waals surface area contributed by atoms with Gasteiger partial charge in [-0.25, -0.2) is 4.39 Å². The number of phenols is 1. The normalized spacial score (nSPS) is 22.7. The van der Waals surface area contributed by atoms with Crippen LogP contribution >= 0.6 is 0 Å². The van der Waals surface area contributed by atoms with Crippen LogP contribution in [0.1, 0.15) is 35.7 Å². The molecule has 1 aromatic heterocycles. The average molecular weight is 511 g/mol. The van der Waals surface area contributed by atoms with Crippen molar-refractivity contribution in [3.8, 4) is 11.8 Å². The predicted octanol–water partition coefficient (Wildman–Crippen LogP) is 2.36. The van der Waals surface area contributed by atoms with E-state index in [1.54, 1.807) is 4.90 Å². The molecule has 1 amide bonds. The molecule has 0 spiro atoms. The molecule has 0 saturated carbocycles. The molecule has 2 saturated heterocycles. The molecular weight excluding hydrogens is 475 g/mol. The van der Waals surface area contributed by atoms with Crippen molar-refractivity contribution in [2.24, 2.45) is 0 Å². The summed E-state index contributed by atoms with van der Waals surface area (Å²) in [7, 11) is 4.02. The molecule has 2 atom stereocenters. The van der Waals surface area contributed by atoms with Crippen LogP contribution in [0.15, 0.2) is 30.9 Å². The van der Waals surface area contributed by atoms with Gasteiger partial charge >= 0.3 is 6.01 Å². The minimum absolute atomic E-state index is 0.0571. The Kier molecular flexibility index (Phi) is 7.30. The number of hydrogen-bond acceptors (Lipinski definition) is 8. The number of likely N-dealkylation sites (N-methyl/N-ethyl adjacent to an activating group) is 2. The molecule has 3 aliphatic heterocycles. The number of aromatic hydroxyl groups is 1. The number of piperazine rings is 1. The second kappa shape index (κ2) is 10.6. The molecule has 1 unspecified atom stereocenters. The molecule has 1 aromatic carbocycles. The van der Waals surface area contributed by atoms with Crippen LogP contribution in [0.4, 0.5) is 10.2 Å². The number of fused-ring (bicyclic) bond motifs is 1. The average Bonchev–Trinajstić information content (AvgIpc) is 3.31. The predicted molar refractivity (Wildman–Crippen MR) is 138 cm³/mol. The van der Waals surface area contributed by atoms with Gasteiger partial charge in [0.2, 0.25) is 5.91 Å². The monoisotopic (exact) mass is 510 g/mol. The number of aromatic nitrogens is 2. The first kappa shape index (κ1) is 25.4. The molecule has 0 aliphatic carbocycles. The highest BCUT2D eigenvalue weighted by atomic mass is 19.1. The van der Waals surface area contributed by atoms with Crippen molar-refractivity contribution in [2.75, 3.05) is 58.3 Å². The highest BCUT2D eigenvalue weighted by Gasteiger charge is 2.34. The van der Waals surface area contributed by atoms with Gasteiger partial charge in [-0.2, -0.15) is 9.97 Å². The third-order valence-corrected chi connectivity index (χ3v) is 7.88. The number of likely N-dealkylation sites (tertiary alicyclic amines) is 1. The number of carbonyl (C=O) groups excluding carboxylic acids is 1. The van der Waals surface area contributed by atoms with Crippen molar-refractivity contribution >= 4 is 11.7 Å². The first-order chi connectivity index (χ1) is 17.9. The van der Waals surface area contributed by atoms with E-state index in [4.69, 9.17) is 14.7 Å². The van der Waals surface area contributed by atoms with E-state index in [1.807, 2.05) is 11.9 Å². The third-order valence-electron chi connectivity index (χ3n) is 7.88. The van der Waals surface area contributed by atoms with Gasteiger partial charge in [-0.1, -0.05) is 12.6 Å². The summed E-state index contributed by atoms with van der Waals surface area (Å²) in [4.78, 5) is 30.0. The van der Waals surface area contributed by atoms with E-state index in [0.29, 0.717) is 57.8 Å². The van der Waals surface area contributed by atoms with Gasteiger partial charge in [0.15, 0.2) is 0 Å². The van der Waals surface area contributed by atoms with Crippen LogP contribution in [0, 0.1) is 5.82 Å². The molecule has 37 heavy (non-hydrogen) atoms. The van der Waals surface area contributed by atoms with Gasteiger partial charge in [0, 0.05) is 62.4 Å². The molecule has 198 valence electrons. The van der Waals surface area contributed by atoms with Gasteiger partial charge in [0.05, 0.1) is 5.69 Å². The molecule has 0 radical (unpaired) electrons. The van der Waals surface area contributed by atoms with Crippen LogP contribution in [-0.2, 0) is 17.8 Å². The summed E-state index contributed by atoms with van der Waals surface area (Å²) in [5, 5.41) is 10.5. The molecule has 5 rings (SSSR count). The van der Waals surface area contributed by atoms with Crippen LogP contribution in [0.5, 0.6) is 11.8 Å². The Hall–Kier alpha value is -3.24. The van der Waals surface area contributed by atoms with Crippen molar-refractivity contribution in [2.45, 2.75) is 37.9 Å². The molecule has 2 fully saturated rings. The Labute approximate surface area is 217 Å². The number of carbonyl (C=O) groups is 1. The minimum Gasteiger partial charge on any atom is -0.508 e. The maximum Gasteiger partial charge on any atom is 0.318 e. The van der Waals surface area contributed by atoms with Gasteiger partial charge in [-0.05, 0) is 51.7 Å². The quantitative estimate of drug-likeness (QED) is 0.593. The number of hydrogen-bond donors (Lipinski definition) is 1. The van der Waals surface area contributed by atoms with Gasteiger partial charge in [0.25, 0.3) is 0 Å². The number of phenolic OH excluding ortho intramolecular Hbond substituents is 1. The van der Waals surface area contributed by atoms with Crippen molar-refractivity contribution in [1.82, 2.24) is 24.7 Å². The van der Waals surface area contributed by atoms with Crippen molar-refractivity contribution in [3.63, 3.8) is 0 Å². The third kappa shape index (κ3) is 5.13. The Morgan fingerprint density at radius 1 is 1.19 bits per heavy atom. The lowest BCUT2D eigenvalue weighted by Gasteiger charge is -2.39. The van der Waals surface area contributed by atoms with Crippen LogP contribution in [0.2, 0.25) is 0 Å². The van der Waals surface area contributed by atoms with Gasteiger partial charge in [-0.15, -0.1) is 0 Å². The molecule has 0 bridgehead atoms. The lowest BCUT2D eigenvalue weighted by atomic mass is 9.92. The highest BCUT2D eigenvalue weighted by Crippen LogP contribution is 2.40. The summed E-state index contributed by atoms with van der Waals surface area (Å²) in [5.41, 5.74) is 2.06. The van der Waals surface area contributed by atoms with Crippen molar-refractivity contribution < 1.29 is 19.0 Å². The molecule has 9 nitrogen and oxygen atoms in total. The molecule has 2 aromatic rings. The summed E-state index contributed by atoms with van der Waals surface area (Å²) in [6.07, 6.45) is 3.99. The number of benzene rings is 1. The zero-order valence-corrected chi connectivity index (χ0v) is 21.6. The van der Waals surface area contributed by atoms with Crippen LogP contribution < -0.4 is 9.64 Å². The number of anilines is 1. The van der Waals surface area contributed by atoms with Crippen LogP contribution in [0.3, 0.4) is 0 Å². The van der Waals surface area contributed by atoms with Gasteiger partial charge < -0.3 is 24.5 Å². The zero-order valence-electron chi connectivity index (χ0n) is 21.6. The Morgan fingerprint density at radius 3 is 2.65 bits per heavy atom. The number of halogens is 1. The van der Waals surface area contributed by atoms with Crippen molar-refractivity contribution in [1.29, 1.82) is 0 Å². The molecule has 3 aliphatic rings. The van der Waals surface area contributed by atoms with E-state index in [-0.39, 0.29) is 23.3 Å². The number of rotatable bonds is 6. The van der Waals surface area contributed by atoms with E-state index < -0.39 is 5.82 Å². The molecule has 1 N–H and O–H groups in total. The fourth-order valence-corrected chi connectivity index (χ4v) is 5.66. The summed E-state index contributed by atoms with van der Waals surface area (Å²) in [6, 6.07) is 4.68. The summed E-state index contributed by atoms with van der Waals surface area (Å²) < 4.78 is 20.9. The van der Waals surface area contributed by atoms with Gasteiger partial charge in [-0.3, -0.25) is 9.69 Å². The standard InChI is InChI=1S/C27H35FN6O3/c1-4-24(36)33-11-13-34(14-12-33)26-19-16-32(3)22(25-20(28)8-5-9-23(25)35)15-21(19)29-27(30-26)37-17-18-7-6-10-31(18)2/h4-5,8-9,18,22,35H,1,6-7,10-17H2,2-3H3/t18-,22?/m0/s1. The van der Waals surface area contributed by atoms with E-state index in [2.05, 4.69) is 23.4 Å². The molecule has 10 heteroatoms. The Bertz CT molecular complexity index is 1150. The lowest BCUT2D eigenvalue weighted by Crippen LogP contribution is -2.49.